The Bertz CT molecular complexity index is 614. The van der Waals surface area contributed by atoms with E-state index in [9.17, 15) is 10.1 Å². The third-order valence-electron chi connectivity index (χ3n) is 3.26. The zero-order valence-corrected chi connectivity index (χ0v) is 11.7. The van der Waals surface area contributed by atoms with Crippen molar-refractivity contribution in [3.8, 4) is 0 Å². The highest BCUT2D eigenvalue weighted by Gasteiger charge is 2.11. The molecular weight excluding hydrogens is 268 g/mol. The molecule has 0 fully saturated rings. The van der Waals surface area contributed by atoms with E-state index in [2.05, 4.69) is 5.32 Å². The van der Waals surface area contributed by atoms with Crippen molar-refractivity contribution in [2.45, 2.75) is 19.6 Å². The Hall–Kier alpha value is -2.24. The minimum absolute atomic E-state index is 0.0318. The zero-order valence-electron chi connectivity index (χ0n) is 11.7. The molecule has 5 nitrogen and oxygen atoms in total. The van der Waals surface area contributed by atoms with Gasteiger partial charge in [0.1, 0.15) is 0 Å². The Morgan fingerprint density at radius 1 is 1.10 bits per heavy atom. The second-order valence-electron chi connectivity index (χ2n) is 4.79. The largest absolute Gasteiger partial charge is 0.392 e. The van der Waals surface area contributed by atoms with Crippen molar-refractivity contribution in [3.05, 3.63) is 75.3 Å². The van der Waals surface area contributed by atoms with Crippen molar-refractivity contribution in [3.63, 3.8) is 0 Å². The van der Waals surface area contributed by atoms with Crippen LogP contribution in [0.4, 0.5) is 5.69 Å². The number of aliphatic hydroxyl groups excluding tert-OH is 1. The molecule has 21 heavy (non-hydrogen) atoms. The SMILES string of the molecule is O=[N+]([O-])c1ccccc1CCNCc1cccc(CO)c1. The Kier molecular flexibility index (Phi) is 5.43. The van der Waals surface area contributed by atoms with Gasteiger partial charge in [0.25, 0.3) is 5.69 Å². The Labute approximate surface area is 123 Å². The summed E-state index contributed by atoms with van der Waals surface area (Å²) in [5, 5.41) is 23.3. The first-order valence-corrected chi connectivity index (χ1v) is 6.82. The minimum atomic E-state index is -0.347. The fourth-order valence-electron chi connectivity index (χ4n) is 2.19. The van der Waals surface area contributed by atoms with E-state index in [1.54, 1.807) is 12.1 Å². The molecule has 5 heteroatoms. The number of nitrogens with zero attached hydrogens (tertiary/aromatic N) is 1. The fraction of sp³-hybridized carbons (Fsp3) is 0.250. The normalized spacial score (nSPS) is 10.5. The van der Waals surface area contributed by atoms with Crippen LogP contribution in [0.1, 0.15) is 16.7 Å². The molecule has 0 aliphatic carbocycles. The quantitative estimate of drug-likeness (QED) is 0.465. The highest BCUT2D eigenvalue weighted by Crippen LogP contribution is 2.17. The first kappa shape index (κ1) is 15.2. The van der Waals surface area contributed by atoms with E-state index >= 15 is 0 Å². The number of nitro groups is 1. The Balaban J connectivity index is 1.86. The van der Waals surface area contributed by atoms with Crippen LogP contribution in [0.25, 0.3) is 0 Å². The zero-order chi connectivity index (χ0) is 15.1. The maximum Gasteiger partial charge on any atom is 0.272 e. The highest BCUT2D eigenvalue weighted by molar-refractivity contribution is 5.39. The van der Waals surface area contributed by atoms with E-state index in [-0.39, 0.29) is 17.2 Å². The lowest BCUT2D eigenvalue weighted by atomic mass is 10.1. The summed E-state index contributed by atoms with van der Waals surface area (Å²) in [7, 11) is 0. The number of benzene rings is 2. The van der Waals surface area contributed by atoms with Gasteiger partial charge in [-0.1, -0.05) is 42.5 Å². The van der Waals surface area contributed by atoms with Crippen LogP contribution in [-0.4, -0.2) is 16.6 Å². The first-order valence-electron chi connectivity index (χ1n) is 6.82. The third kappa shape index (κ3) is 4.37. The van der Waals surface area contributed by atoms with Gasteiger partial charge in [-0.15, -0.1) is 0 Å². The molecule has 0 aliphatic heterocycles. The molecule has 0 radical (unpaired) electrons. The maximum atomic E-state index is 10.9. The number of hydrogen-bond acceptors (Lipinski definition) is 4. The van der Waals surface area contributed by atoms with E-state index in [1.165, 1.54) is 6.07 Å². The highest BCUT2D eigenvalue weighted by atomic mass is 16.6. The standard InChI is InChI=1S/C16H18N2O3/c19-12-14-5-3-4-13(10-14)11-17-9-8-15-6-1-2-7-16(15)18(20)21/h1-7,10,17,19H,8-9,11-12H2. The van der Waals surface area contributed by atoms with Gasteiger partial charge in [-0.05, 0) is 24.1 Å². The summed E-state index contributed by atoms with van der Waals surface area (Å²) in [6, 6.07) is 14.5. The van der Waals surface area contributed by atoms with Crippen LogP contribution in [0.3, 0.4) is 0 Å². The molecule has 0 amide bonds. The van der Waals surface area contributed by atoms with Crippen molar-refractivity contribution >= 4 is 5.69 Å². The Morgan fingerprint density at radius 3 is 2.62 bits per heavy atom. The molecule has 0 unspecified atom stereocenters. The molecule has 0 saturated carbocycles. The van der Waals surface area contributed by atoms with Crippen LogP contribution in [0.2, 0.25) is 0 Å². The molecule has 0 aliphatic rings. The van der Waals surface area contributed by atoms with Crippen LogP contribution >= 0.6 is 0 Å². The van der Waals surface area contributed by atoms with Crippen LogP contribution in [0.15, 0.2) is 48.5 Å². The second-order valence-corrected chi connectivity index (χ2v) is 4.79. The van der Waals surface area contributed by atoms with Gasteiger partial charge in [-0.2, -0.15) is 0 Å². The molecule has 0 bridgehead atoms. The topological polar surface area (TPSA) is 75.4 Å². The Morgan fingerprint density at radius 2 is 1.86 bits per heavy atom. The van der Waals surface area contributed by atoms with Crippen LogP contribution in [0, 0.1) is 10.1 Å². The van der Waals surface area contributed by atoms with Crippen LogP contribution in [-0.2, 0) is 19.6 Å². The number of nitrogens with one attached hydrogen (secondary N) is 1. The van der Waals surface area contributed by atoms with Gasteiger partial charge in [0.2, 0.25) is 0 Å². The molecule has 0 heterocycles. The summed E-state index contributed by atoms with van der Waals surface area (Å²) >= 11 is 0. The van der Waals surface area contributed by atoms with Crippen molar-refractivity contribution in [2.75, 3.05) is 6.54 Å². The third-order valence-corrected chi connectivity index (χ3v) is 3.26. The molecule has 0 aromatic heterocycles. The van der Waals surface area contributed by atoms with Gasteiger partial charge in [0.05, 0.1) is 11.5 Å². The number of nitro benzene ring substituents is 1. The van der Waals surface area contributed by atoms with Gasteiger partial charge in [0.15, 0.2) is 0 Å². The summed E-state index contributed by atoms with van der Waals surface area (Å²) < 4.78 is 0. The van der Waals surface area contributed by atoms with Gasteiger partial charge < -0.3 is 10.4 Å². The summed E-state index contributed by atoms with van der Waals surface area (Å²) in [4.78, 5) is 10.6. The summed E-state index contributed by atoms with van der Waals surface area (Å²) in [6.07, 6.45) is 0.608. The number of hydrogen-bond donors (Lipinski definition) is 2. The first-order chi connectivity index (χ1) is 10.2. The summed E-state index contributed by atoms with van der Waals surface area (Å²) in [5.74, 6) is 0. The van der Waals surface area contributed by atoms with E-state index < -0.39 is 0 Å². The lowest BCUT2D eigenvalue weighted by molar-refractivity contribution is -0.385. The summed E-state index contributed by atoms with van der Waals surface area (Å²) in [5.41, 5.74) is 2.87. The average Bonchev–Trinajstić information content (AvgIpc) is 2.52. The smallest absolute Gasteiger partial charge is 0.272 e. The molecule has 0 saturated heterocycles. The molecule has 2 rings (SSSR count). The minimum Gasteiger partial charge on any atom is -0.392 e. The van der Waals surface area contributed by atoms with E-state index in [0.29, 0.717) is 19.5 Å². The lowest BCUT2D eigenvalue weighted by Gasteiger charge is -2.07. The number of para-hydroxylation sites is 1. The van der Waals surface area contributed by atoms with Gasteiger partial charge in [0, 0.05) is 18.2 Å². The average molecular weight is 286 g/mol. The molecule has 110 valence electrons. The van der Waals surface area contributed by atoms with Crippen molar-refractivity contribution < 1.29 is 10.0 Å². The van der Waals surface area contributed by atoms with E-state index in [1.807, 2.05) is 30.3 Å². The van der Waals surface area contributed by atoms with Gasteiger partial charge in [-0.3, -0.25) is 10.1 Å². The monoisotopic (exact) mass is 286 g/mol. The molecule has 2 aromatic carbocycles. The fourth-order valence-corrected chi connectivity index (χ4v) is 2.19. The van der Waals surface area contributed by atoms with E-state index in [0.717, 1.165) is 16.7 Å². The number of aliphatic hydroxyl groups is 1. The van der Waals surface area contributed by atoms with Crippen molar-refractivity contribution in [1.29, 1.82) is 0 Å². The van der Waals surface area contributed by atoms with Gasteiger partial charge in [-0.25, -0.2) is 0 Å². The number of rotatable bonds is 7. The summed E-state index contributed by atoms with van der Waals surface area (Å²) in [6.45, 7) is 1.37. The van der Waals surface area contributed by atoms with Crippen LogP contribution < -0.4 is 5.32 Å². The van der Waals surface area contributed by atoms with E-state index in [4.69, 9.17) is 5.11 Å². The molecule has 2 N–H and O–H groups in total. The van der Waals surface area contributed by atoms with Crippen molar-refractivity contribution in [1.82, 2.24) is 5.32 Å². The van der Waals surface area contributed by atoms with Crippen molar-refractivity contribution in [2.24, 2.45) is 0 Å². The van der Waals surface area contributed by atoms with Crippen LogP contribution in [0.5, 0.6) is 0 Å². The molecule has 0 atom stereocenters. The van der Waals surface area contributed by atoms with Gasteiger partial charge >= 0.3 is 0 Å². The molecule has 0 spiro atoms. The molecular formula is C16H18N2O3. The predicted octanol–water partition coefficient (Wildman–Crippen LogP) is 2.42. The second kappa shape index (κ2) is 7.52. The molecule has 2 aromatic rings. The lowest BCUT2D eigenvalue weighted by Crippen LogP contribution is -2.17. The predicted molar refractivity (Wildman–Crippen MR) is 80.9 cm³/mol. The maximum absolute atomic E-state index is 10.9.